The summed E-state index contributed by atoms with van der Waals surface area (Å²) in [6.45, 7) is 4.73. The number of hydrogen-bond donors (Lipinski definition) is 3. The molecule has 0 saturated heterocycles. The largest absolute Gasteiger partial charge is 0.353 e. The van der Waals surface area contributed by atoms with Crippen LogP contribution < -0.4 is 16.0 Å². The van der Waals surface area contributed by atoms with E-state index in [1.807, 2.05) is 44.2 Å². The second-order valence-electron chi connectivity index (χ2n) is 8.41. The van der Waals surface area contributed by atoms with Gasteiger partial charge in [-0.05, 0) is 76.3 Å². The second kappa shape index (κ2) is 7.68. The molecule has 0 atom stereocenters. The molecule has 5 heteroatoms. The fraction of sp³-hybridized carbons (Fsp3) is 0.619. The third-order valence-electron chi connectivity index (χ3n) is 6.28. The fourth-order valence-corrected chi connectivity index (χ4v) is 4.53. The summed E-state index contributed by atoms with van der Waals surface area (Å²) in [6, 6.07) is 9.55. The number of para-hydroxylation sites is 1. The van der Waals surface area contributed by atoms with E-state index in [0.717, 1.165) is 50.6 Å². The first-order chi connectivity index (χ1) is 12.4. The summed E-state index contributed by atoms with van der Waals surface area (Å²) >= 11 is 0. The van der Waals surface area contributed by atoms with Crippen molar-refractivity contribution in [2.24, 2.45) is 10.8 Å². The third kappa shape index (κ3) is 4.19. The van der Waals surface area contributed by atoms with Gasteiger partial charge in [0.05, 0.1) is 0 Å². The Kier molecular flexibility index (Phi) is 5.54. The number of rotatable bonds is 6. The van der Waals surface area contributed by atoms with Gasteiger partial charge in [-0.15, -0.1) is 0 Å². The molecule has 0 aromatic heterocycles. The van der Waals surface area contributed by atoms with Gasteiger partial charge < -0.3 is 16.0 Å². The third-order valence-corrected chi connectivity index (χ3v) is 6.28. The molecule has 0 spiro atoms. The molecule has 3 aliphatic rings. The van der Waals surface area contributed by atoms with E-state index in [4.69, 9.17) is 0 Å². The fourth-order valence-electron chi connectivity index (χ4n) is 4.53. The van der Waals surface area contributed by atoms with Crippen molar-refractivity contribution in [1.29, 1.82) is 0 Å². The first-order valence-electron chi connectivity index (χ1n) is 9.84. The predicted molar refractivity (Wildman–Crippen MR) is 104 cm³/mol. The van der Waals surface area contributed by atoms with Crippen molar-refractivity contribution in [3.8, 4) is 0 Å². The summed E-state index contributed by atoms with van der Waals surface area (Å²) in [7, 11) is 0. The van der Waals surface area contributed by atoms with Crippen LogP contribution in [0.4, 0.5) is 10.5 Å². The predicted octanol–water partition coefficient (Wildman–Crippen LogP) is 4.06. The van der Waals surface area contributed by atoms with E-state index in [2.05, 4.69) is 16.0 Å². The van der Waals surface area contributed by atoms with E-state index >= 15 is 0 Å². The highest BCUT2D eigenvalue weighted by molar-refractivity contribution is 5.89. The van der Waals surface area contributed by atoms with Crippen LogP contribution in [0.1, 0.15) is 58.8 Å². The van der Waals surface area contributed by atoms with E-state index in [1.54, 1.807) is 0 Å². The standard InChI is InChI=1S/C21H31N3O2/c1-16(2)23-18(25)21-11-8-20(9-12-21,10-13-21)14-15-22-19(26)24-17-6-4-3-5-7-17/h3-7,16H,8-15H2,1-2H3,(H,23,25)(H2,22,24,26). The highest BCUT2D eigenvalue weighted by Gasteiger charge is 2.51. The van der Waals surface area contributed by atoms with Gasteiger partial charge in [-0.1, -0.05) is 18.2 Å². The maximum absolute atomic E-state index is 12.6. The zero-order chi connectivity index (χ0) is 18.6. The van der Waals surface area contributed by atoms with Gasteiger partial charge in [0, 0.05) is 23.7 Å². The van der Waals surface area contributed by atoms with Crippen molar-refractivity contribution < 1.29 is 9.59 Å². The van der Waals surface area contributed by atoms with Gasteiger partial charge >= 0.3 is 6.03 Å². The molecule has 3 fully saturated rings. The molecule has 4 rings (SSSR count). The van der Waals surface area contributed by atoms with Gasteiger partial charge in [0.15, 0.2) is 0 Å². The molecule has 26 heavy (non-hydrogen) atoms. The van der Waals surface area contributed by atoms with E-state index < -0.39 is 0 Å². The Morgan fingerprint density at radius 2 is 1.62 bits per heavy atom. The van der Waals surface area contributed by atoms with Crippen LogP contribution in [0.15, 0.2) is 30.3 Å². The molecular weight excluding hydrogens is 326 g/mol. The molecule has 1 aromatic rings. The number of amides is 3. The van der Waals surface area contributed by atoms with Crippen molar-refractivity contribution in [3.63, 3.8) is 0 Å². The lowest BCUT2D eigenvalue weighted by molar-refractivity contribution is -0.141. The molecule has 1 aromatic carbocycles. The highest BCUT2D eigenvalue weighted by Crippen LogP contribution is 2.58. The Morgan fingerprint density at radius 1 is 1.00 bits per heavy atom. The Balaban J connectivity index is 1.45. The monoisotopic (exact) mass is 357 g/mol. The Labute approximate surface area is 156 Å². The molecule has 3 saturated carbocycles. The van der Waals surface area contributed by atoms with Gasteiger partial charge in [-0.2, -0.15) is 0 Å². The zero-order valence-corrected chi connectivity index (χ0v) is 15.9. The summed E-state index contributed by atoms with van der Waals surface area (Å²) in [5.74, 6) is 0.251. The van der Waals surface area contributed by atoms with E-state index in [1.165, 1.54) is 0 Å². The van der Waals surface area contributed by atoms with Crippen LogP contribution >= 0.6 is 0 Å². The lowest BCUT2D eigenvalue weighted by atomic mass is 9.52. The number of hydrogen-bond acceptors (Lipinski definition) is 2. The Hall–Kier alpha value is -2.04. The number of anilines is 1. The molecule has 3 N–H and O–H groups in total. The number of carbonyl (C=O) groups is 2. The van der Waals surface area contributed by atoms with Gasteiger partial charge in [0.2, 0.25) is 5.91 Å². The number of carbonyl (C=O) groups excluding carboxylic acids is 2. The molecule has 2 bridgehead atoms. The number of nitrogens with one attached hydrogen (secondary N) is 3. The maximum atomic E-state index is 12.6. The van der Waals surface area contributed by atoms with Crippen LogP contribution in [0.25, 0.3) is 0 Å². The van der Waals surface area contributed by atoms with E-state index in [0.29, 0.717) is 12.0 Å². The van der Waals surface area contributed by atoms with Crippen molar-refractivity contribution in [2.75, 3.05) is 11.9 Å². The number of urea groups is 1. The molecule has 0 unspecified atom stereocenters. The Bertz CT molecular complexity index is 617. The molecule has 3 aliphatic carbocycles. The summed E-state index contributed by atoms with van der Waals surface area (Å²) in [4.78, 5) is 24.6. The van der Waals surface area contributed by atoms with Crippen molar-refractivity contribution >= 4 is 17.6 Å². The summed E-state index contributed by atoms with van der Waals surface area (Å²) in [5.41, 5.74) is 0.976. The van der Waals surface area contributed by atoms with Gasteiger partial charge in [-0.25, -0.2) is 4.79 Å². The van der Waals surface area contributed by atoms with Crippen molar-refractivity contribution in [1.82, 2.24) is 10.6 Å². The zero-order valence-electron chi connectivity index (χ0n) is 15.9. The highest BCUT2D eigenvalue weighted by atomic mass is 16.2. The first kappa shape index (κ1) is 18.7. The lowest BCUT2D eigenvalue weighted by Gasteiger charge is -2.52. The molecule has 0 radical (unpaired) electrons. The van der Waals surface area contributed by atoms with Crippen LogP contribution in [-0.2, 0) is 4.79 Å². The summed E-state index contributed by atoms with van der Waals surface area (Å²) < 4.78 is 0. The SMILES string of the molecule is CC(C)NC(=O)C12CCC(CCNC(=O)Nc3ccccc3)(CC1)CC2. The lowest BCUT2D eigenvalue weighted by Crippen LogP contribution is -2.52. The minimum absolute atomic E-state index is 0.135. The molecule has 0 aliphatic heterocycles. The summed E-state index contributed by atoms with van der Waals surface area (Å²) in [5, 5.41) is 8.96. The van der Waals surface area contributed by atoms with E-state index in [9.17, 15) is 9.59 Å². The van der Waals surface area contributed by atoms with Crippen LogP contribution in [0.5, 0.6) is 0 Å². The summed E-state index contributed by atoms with van der Waals surface area (Å²) in [6.07, 6.45) is 7.25. The second-order valence-corrected chi connectivity index (χ2v) is 8.41. The van der Waals surface area contributed by atoms with Crippen LogP contribution in [0, 0.1) is 10.8 Å². The Morgan fingerprint density at radius 3 is 2.19 bits per heavy atom. The molecular formula is C21H31N3O2. The van der Waals surface area contributed by atoms with Gasteiger partial charge in [-0.3, -0.25) is 4.79 Å². The number of fused-ring (bicyclic) bond motifs is 3. The van der Waals surface area contributed by atoms with Gasteiger partial charge in [0.25, 0.3) is 0 Å². The van der Waals surface area contributed by atoms with E-state index in [-0.39, 0.29) is 23.4 Å². The molecule has 142 valence electrons. The average Bonchev–Trinajstić information content (AvgIpc) is 2.63. The molecule has 3 amide bonds. The molecule has 5 nitrogen and oxygen atoms in total. The van der Waals surface area contributed by atoms with Crippen molar-refractivity contribution in [2.45, 2.75) is 64.8 Å². The van der Waals surface area contributed by atoms with Crippen LogP contribution in [0.3, 0.4) is 0 Å². The average molecular weight is 357 g/mol. The van der Waals surface area contributed by atoms with Crippen LogP contribution in [0.2, 0.25) is 0 Å². The normalized spacial score (nSPS) is 27.2. The van der Waals surface area contributed by atoms with Gasteiger partial charge in [0.1, 0.15) is 0 Å². The maximum Gasteiger partial charge on any atom is 0.319 e. The number of benzene rings is 1. The minimum atomic E-state index is -0.148. The smallest absolute Gasteiger partial charge is 0.319 e. The quantitative estimate of drug-likeness (QED) is 0.718. The van der Waals surface area contributed by atoms with Crippen LogP contribution in [-0.4, -0.2) is 24.5 Å². The molecule has 0 heterocycles. The first-order valence-corrected chi connectivity index (χ1v) is 9.84. The minimum Gasteiger partial charge on any atom is -0.353 e. The topological polar surface area (TPSA) is 70.2 Å². The van der Waals surface area contributed by atoms with Crippen molar-refractivity contribution in [3.05, 3.63) is 30.3 Å².